The average Bonchev–Trinajstić information content (AvgIpc) is 3.20. The van der Waals surface area contributed by atoms with E-state index in [0.717, 1.165) is 27.5 Å². The molecule has 1 aliphatic rings. The van der Waals surface area contributed by atoms with Crippen molar-refractivity contribution in [2.75, 3.05) is 0 Å². The molecule has 1 N–H and O–H groups in total. The summed E-state index contributed by atoms with van der Waals surface area (Å²) in [6.45, 7) is 0.438. The van der Waals surface area contributed by atoms with Gasteiger partial charge in [0.1, 0.15) is 22.8 Å². The summed E-state index contributed by atoms with van der Waals surface area (Å²) in [6, 6.07) is 23.7. The molecule has 3 aromatic carbocycles. The molecule has 0 saturated carbocycles. The zero-order valence-electron chi connectivity index (χ0n) is 14.2. The third kappa shape index (κ3) is 4.41. The minimum atomic E-state index is 0.101. The predicted octanol–water partition coefficient (Wildman–Crippen LogP) is 6.27. The van der Waals surface area contributed by atoms with Gasteiger partial charge in [0.15, 0.2) is 0 Å². The van der Waals surface area contributed by atoms with Crippen LogP contribution in [0.25, 0.3) is 0 Å². The van der Waals surface area contributed by atoms with E-state index in [2.05, 4.69) is 34.8 Å². The van der Waals surface area contributed by atoms with Gasteiger partial charge in [0.05, 0.1) is 10.0 Å². The summed E-state index contributed by atoms with van der Waals surface area (Å²) < 4.78 is 5.84. The van der Waals surface area contributed by atoms with E-state index in [-0.39, 0.29) is 5.37 Å². The summed E-state index contributed by atoms with van der Waals surface area (Å²) in [4.78, 5) is 0. The molecule has 4 rings (SSSR count). The molecule has 3 aromatic rings. The molecule has 0 fully saturated rings. The Morgan fingerprint density at radius 3 is 2.44 bits per heavy atom. The van der Waals surface area contributed by atoms with Crippen LogP contribution in [0, 0.1) is 0 Å². The summed E-state index contributed by atoms with van der Waals surface area (Å²) in [5, 5.41) is 6.63. The number of thioether (sulfide) groups is 1. The van der Waals surface area contributed by atoms with Crippen molar-refractivity contribution in [3.63, 3.8) is 0 Å². The van der Waals surface area contributed by atoms with Gasteiger partial charge in [-0.25, -0.2) is 0 Å². The molecule has 0 amide bonds. The monoisotopic (exact) mass is 414 g/mol. The molecule has 1 aliphatic heterocycles. The SMILES string of the molecule is Clc1ccc(COc2ccc([C@@H]3NN=C(c4ccccc4)S3)cc2)cc1Cl. The number of hydrazone groups is 1. The van der Waals surface area contributed by atoms with Gasteiger partial charge < -0.3 is 4.74 Å². The van der Waals surface area contributed by atoms with Gasteiger partial charge in [-0.05, 0) is 35.4 Å². The van der Waals surface area contributed by atoms with Crippen LogP contribution < -0.4 is 10.2 Å². The number of nitrogens with zero attached hydrogens (tertiary/aromatic N) is 1. The maximum Gasteiger partial charge on any atom is 0.126 e. The summed E-state index contributed by atoms with van der Waals surface area (Å²) in [6.07, 6.45) is 0. The molecule has 0 aliphatic carbocycles. The van der Waals surface area contributed by atoms with E-state index in [1.165, 1.54) is 0 Å². The van der Waals surface area contributed by atoms with Gasteiger partial charge in [-0.1, -0.05) is 83.5 Å². The van der Waals surface area contributed by atoms with Gasteiger partial charge in [0, 0.05) is 5.56 Å². The summed E-state index contributed by atoms with van der Waals surface area (Å²) in [7, 11) is 0. The maximum absolute atomic E-state index is 6.04. The highest BCUT2D eigenvalue weighted by Crippen LogP contribution is 2.34. The maximum atomic E-state index is 6.04. The quantitative estimate of drug-likeness (QED) is 0.533. The molecule has 0 radical (unpaired) electrons. The Balaban J connectivity index is 1.36. The van der Waals surface area contributed by atoms with Crippen molar-refractivity contribution in [1.82, 2.24) is 5.43 Å². The normalized spacial score (nSPS) is 15.9. The Morgan fingerprint density at radius 1 is 0.926 bits per heavy atom. The van der Waals surface area contributed by atoms with Gasteiger partial charge in [0.2, 0.25) is 0 Å². The summed E-state index contributed by atoms with van der Waals surface area (Å²) in [5.74, 6) is 0.803. The van der Waals surface area contributed by atoms with E-state index in [0.29, 0.717) is 16.7 Å². The zero-order valence-corrected chi connectivity index (χ0v) is 16.6. The first-order valence-electron chi connectivity index (χ1n) is 8.41. The lowest BCUT2D eigenvalue weighted by atomic mass is 10.2. The number of benzene rings is 3. The van der Waals surface area contributed by atoms with E-state index < -0.39 is 0 Å². The Kier molecular flexibility index (Phi) is 5.58. The molecule has 1 heterocycles. The second-order valence-corrected chi connectivity index (χ2v) is 7.92. The lowest BCUT2D eigenvalue weighted by Gasteiger charge is -2.11. The Hall–Kier alpha value is -2.14. The van der Waals surface area contributed by atoms with Crippen LogP contribution in [0.5, 0.6) is 5.75 Å². The molecular formula is C21H16Cl2N2OS. The fourth-order valence-electron chi connectivity index (χ4n) is 2.67. The molecule has 3 nitrogen and oxygen atoms in total. The lowest BCUT2D eigenvalue weighted by Crippen LogP contribution is -2.06. The molecule has 136 valence electrons. The molecule has 0 saturated heterocycles. The Labute approximate surface area is 172 Å². The van der Waals surface area contributed by atoms with E-state index in [1.807, 2.05) is 42.5 Å². The smallest absolute Gasteiger partial charge is 0.126 e. The van der Waals surface area contributed by atoms with Crippen molar-refractivity contribution in [2.45, 2.75) is 12.0 Å². The third-order valence-corrected chi connectivity index (χ3v) is 6.01. The number of halogens is 2. The fourth-order valence-corrected chi connectivity index (χ4v) is 3.99. The molecule has 0 unspecified atom stereocenters. The molecule has 0 bridgehead atoms. The van der Waals surface area contributed by atoms with Gasteiger partial charge in [0.25, 0.3) is 0 Å². The van der Waals surface area contributed by atoms with Crippen LogP contribution in [-0.4, -0.2) is 5.04 Å². The molecule has 0 spiro atoms. The predicted molar refractivity (Wildman–Crippen MR) is 114 cm³/mol. The first-order chi connectivity index (χ1) is 13.2. The number of hydrogen-bond acceptors (Lipinski definition) is 4. The fraction of sp³-hybridized carbons (Fsp3) is 0.0952. The third-order valence-electron chi connectivity index (χ3n) is 4.11. The summed E-state index contributed by atoms with van der Waals surface area (Å²) in [5.41, 5.74) is 6.44. The van der Waals surface area contributed by atoms with Crippen molar-refractivity contribution < 1.29 is 4.74 Å². The summed E-state index contributed by atoms with van der Waals surface area (Å²) >= 11 is 13.7. The second-order valence-electron chi connectivity index (χ2n) is 6.02. The van der Waals surface area contributed by atoms with Crippen molar-refractivity contribution in [2.24, 2.45) is 5.10 Å². The van der Waals surface area contributed by atoms with E-state index in [4.69, 9.17) is 27.9 Å². The van der Waals surface area contributed by atoms with Gasteiger partial charge in [-0.2, -0.15) is 5.10 Å². The first kappa shape index (κ1) is 18.2. The zero-order chi connectivity index (χ0) is 18.6. The number of rotatable bonds is 5. The average molecular weight is 415 g/mol. The number of nitrogens with one attached hydrogen (secondary N) is 1. The highest BCUT2D eigenvalue weighted by Gasteiger charge is 2.21. The van der Waals surface area contributed by atoms with E-state index in [9.17, 15) is 0 Å². The molecule has 27 heavy (non-hydrogen) atoms. The second kappa shape index (κ2) is 8.26. The van der Waals surface area contributed by atoms with Gasteiger partial charge in [-0.15, -0.1) is 0 Å². The molecule has 6 heteroatoms. The Bertz CT molecular complexity index is 962. The number of ether oxygens (including phenoxy) is 1. The highest BCUT2D eigenvalue weighted by molar-refractivity contribution is 8.14. The minimum absolute atomic E-state index is 0.101. The van der Waals surface area contributed by atoms with E-state index >= 15 is 0 Å². The molecule has 1 atom stereocenters. The number of hydrogen-bond donors (Lipinski definition) is 1. The van der Waals surface area contributed by atoms with Gasteiger partial charge in [-0.3, -0.25) is 5.43 Å². The van der Waals surface area contributed by atoms with Crippen molar-refractivity contribution in [1.29, 1.82) is 0 Å². The Morgan fingerprint density at radius 2 is 1.70 bits per heavy atom. The van der Waals surface area contributed by atoms with Crippen LogP contribution in [0.15, 0.2) is 77.9 Å². The van der Waals surface area contributed by atoms with Crippen LogP contribution in [0.1, 0.15) is 22.1 Å². The molecule has 0 aromatic heterocycles. The van der Waals surface area contributed by atoms with Gasteiger partial charge >= 0.3 is 0 Å². The van der Waals surface area contributed by atoms with Crippen molar-refractivity contribution in [3.8, 4) is 5.75 Å². The standard InChI is InChI=1S/C21H16Cl2N2OS/c22-18-11-6-14(12-19(18)23)13-26-17-9-7-16(8-10-17)21-25-24-20(27-21)15-4-2-1-3-5-15/h1-12,21,25H,13H2/t21-/m1/s1. The largest absolute Gasteiger partial charge is 0.489 e. The van der Waals surface area contributed by atoms with E-state index in [1.54, 1.807) is 17.8 Å². The first-order valence-corrected chi connectivity index (χ1v) is 10.0. The van der Waals surface area contributed by atoms with Crippen LogP contribution in [0.3, 0.4) is 0 Å². The van der Waals surface area contributed by atoms with Crippen molar-refractivity contribution in [3.05, 3.63) is 99.5 Å². The highest BCUT2D eigenvalue weighted by atomic mass is 35.5. The van der Waals surface area contributed by atoms with Crippen LogP contribution in [-0.2, 0) is 6.61 Å². The van der Waals surface area contributed by atoms with Crippen LogP contribution >= 0.6 is 35.0 Å². The lowest BCUT2D eigenvalue weighted by molar-refractivity contribution is 0.306. The molecular weight excluding hydrogens is 399 g/mol. The van der Waals surface area contributed by atoms with Crippen LogP contribution in [0.2, 0.25) is 10.0 Å². The van der Waals surface area contributed by atoms with Crippen LogP contribution in [0.4, 0.5) is 0 Å². The topological polar surface area (TPSA) is 33.6 Å². The van der Waals surface area contributed by atoms with Crippen molar-refractivity contribution >= 4 is 40.0 Å². The minimum Gasteiger partial charge on any atom is -0.489 e.